The average molecular weight is 1930 g/mol. The van der Waals surface area contributed by atoms with Crippen LogP contribution in [0.15, 0.2) is 266 Å². The van der Waals surface area contributed by atoms with Crippen LogP contribution in [0, 0.1) is 25.6 Å². The SMILES string of the molecule is COc1ccc(-c2cc(=O)n3cc(C4=CCN(CCO)CC4)ccc3n2)cc1OC.COc1ccc(-c2cc(=O)n3cc(C4=CCNCC4)cc(C)c3n2)cc1OC.COc1ccc(-c2cc(=O)n3cc(C4=CCNCC4)ccc3c2)cc1OC.COc1ccc(-c2cc(=O)n3cc(N4C[C@H]5CCN(C)[C@H]5C4)ccc3c2)cc1F.Cc1nc2ccc(-c3cc(=O)n4cc(N5CCN(C)[C@H](C)C5)ccc4n3)cc2o1. The quantitative estimate of drug-likeness (QED) is 0.0677. The number of hydrogen-bond donors (Lipinski definition) is 3. The summed E-state index contributed by atoms with van der Waals surface area (Å²) in [5.74, 6) is 4.85. The van der Waals surface area contributed by atoms with Crippen molar-refractivity contribution in [2.75, 3.05) is 165 Å². The number of β-amino-alcohol motifs (C(OH)–C–C–N with tert-alkyl or cyclic N) is 1. The Hall–Kier alpha value is -15.4. The Morgan fingerprint density at radius 2 is 0.895 bits per heavy atom. The van der Waals surface area contributed by atoms with E-state index in [1.54, 1.807) is 107 Å². The predicted octanol–water partition coefficient (Wildman–Crippen LogP) is 15.1. The Bertz CT molecular complexity index is 7920. The lowest BCUT2D eigenvalue weighted by atomic mass is 10.0. The molecule has 16 aromatic rings. The van der Waals surface area contributed by atoms with Gasteiger partial charge in [-0.2, -0.15) is 0 Å². The molecule has 0 aliphatic carbocycles. The monoisotopic (exact) mass is 1930 g/mol. The summed E-state index contributed by atoms with van der Waals surface area (Å²) in [6, 6.07) is 58.1. The molecule has 3 fully saturated rings. The molecule has 0 amide bonds. The maximum atomic E-state index is 14.1. The van der Waals surface area contributed by atoms with E-state index in [9.17, 15) is 28.4 Å². The number of benzene rings is 5. The normalized spacial score (nSPS) is 16.5. The molecular weight excluding hydrogens is 1810 g/mol. The van der Waals surface area contributed by atoms with Crippen LogP contribution in [0.2, 0.25) is 0 Å². The Kier molecular flexibility index (Phi) is 29.7. The van der Waals surface area contributed by atoms with E-state index in [4.69, 9.17) is 52.6 Å². The Morgan fingerprint density at radius 3 is 1.47 bits per heavy atom. The average Bonchev–Trinajstić information content (AvgIpc) is 1.73. The Balaban J connectivity index is 0.000000118. The topological polar surface area (TPSA) is 297 Å². The van der Waals surface area contributed by atoms with Crippen LogP contribution in [-0.4, -0.2) is 229 Å². The van der Waals surface area contributed by atoms with Gasteiger partial charge in [0.1, 0.15) is 22.5 Å². The summed E-state index contributed by atoms with van der Waals surface area (Å²) in [5.41, 5.74) is 22.0. The molecule has 3 atom stereocenters. The fraction of sp³-hybridized carbons (Fsp3) is 0.295. The van der Waals surface area contributed by atoms with Gasteiger partial charge < -0.3 is 72.9 Å². The molecule has 0 bridgehead atoms. The van der Waals surface area contributed by atoms with E-state index in [-0.39, 0.29) is 40.2 Å². The van der Waals surface area contributed by atoms with Gasteiger partial charge in [0.15, 0.2) is 57.5 Å². The number of piperazine rings is 1. The van der Waals surface area contributed by atoms with Gasteiger partial charge in [-0.05, 0) is 274 Å². The predicted molar refractivity (Wildman–Crippen MR) is 560 cm³/mol. The summed E-state index contributed by atoms with van der Waals surface area (Å²) >= 11 is 0. The van der Waals surface area contributed by atoms with Crippen LogP contribution >= 0.6 is 0 Å². The molecule has 6 aliphatic heterocycles. The van der Waals surface area contributed by atoms with Crippen LogP contribution in [0.3, 0.4) is 0 Å². The first kappa shape index (κ1) is 97.8. The van der Waals surface area contributed by atoms with Crippen LogP contribution in [0.1, 0.15) is 60.8 Å². The number of aryl methyl sites for hydroxylation is 2. The summed E-state index contributed by atoms with van der Waals surface area (Å²) in [6.45, 7) is 18.4. The zero-order chi connectivity index (χ0) is 99.8. The highest BCUT2D eigenvalue weighted by atomic mass is 19.1. The number of hydrogen-bond acceptors (Lipinski definition) is 25. The minimum atomic E-state index is -0.440. The highest BCUT2D eigenvalue weighted by Gasteiger charge is 2.40. The standard InChI is InChI=1S/C23H24FN3O2.C23H25N3O4.C22H23N5O2.C22H23N3O3.C22H22N2O3/c1-25-8-7-16-12-26(14-21(16)25)19-5-4-18-9-17(11-23(28)27(18)13-19)15-3-6-22(29-2)20(24)10-15;1-29-20-5-3-17(13-21(20)30-2)19-14-23(28)26-15-18(4-6-22(26)24-19)16-7-9-25(10-8-16)11-12-27;1-14-12-26(9-8-25(14)3)17-5-7-21-24-19(11-22(28)27(21)13-17)16-4-6-18-20(10-16)29-15(2)23-18;1-14-10-17(15-6-8-23-9-7-15)13-25-21(26)12-18(24-22(14)25)16-4-5-19(27-2)20(11-16)28-3;1-26-20-6-4-16(12-21(20)27-2)18-11-19-5-3-17(14-24(19)22(25)13-18)15-7-9-23-10-8-15/h3-6,9-11,13,16,21H,7-8,12,14H2,1-2H3;3-7,13-15,27H,8-12H2,1-2H3;4-7,10-11,13-14H,8-9,12H2,1-3H3;4-6,10-13,23H,7-9H2,1-3H3;3-7,11-14,23H,8-10H2,1-2H3/t16-,21+;;14-;;/m1.1../s1. The fourth-order valence-corrected chi connectivity index (χ4v) is 19.5. The van der Waals surface area contributed by atoms with E-state index < -0.39 is 5.82 Å². The number of anilines is 2. The van der Waals surface area contributed by atoms with Gasteiger partial charge in [0.05, 0.1) is 84.8 Å². The van der Waals surface area contributed by atoms with Crippen molar-refractivity contribution in [3.8, 4) is 96.3 Å². The first-order valence-electron chi connectivity index (χ1n) is 48.0. The number of methoxy groups -OCH3 is 7. The van der Waals surface area contributed by atoms with Crippen LogP contribution in [-0.2, 0) is 0 Å². The molecule has 3 saturated heterocycles. The second-order valence-corrected chi connectivity index (χ2v) is 36.5. The number of nitrogens with one attached hydrogen (secondary N) is 2. The Labute approximate surface area is 826 Å². The van der Waals surface area contributed by atoms with Crippen LogP contribution < -0.4 is 81.4 Å². The molecule has 6 aliphatic rings. The van der Waals surface area contributed by atoms with Crippen molar-refractivity contribution in [2.24, 2.45) is 5.92 Å². The van der Waals surface area contributed by atoms with Crippen LogP contribution in [0.4, 0.5) is 15.8 Å². The summed E-state index contributed by atoms with van der Waals surface area (Å²) in [5, 5.41) is 15.7. The summed E-state index contributed by atoms with van der Waals surface area (Å²) < 4.78 is 64.9. The number of nitrogens with zero attached hydrogens (tertiary/aromatic N) is 14. The molecule has 11 aromatic heterocycles. The smallest absolute Gasteiger partial charge is 0.258 e. The minimum absolute atomic E-state index is 0.0475. The van der Waals surface area contributed by atoms with Crippen molar-refractivity contribution in [1.82, 2.24) is 67.3 Å². The maximum absolute atomic E-state index is 14.1. The molecule has 17 heterocycles. The zero-order valence-electron chi connectivity index (χ0n) is 82.4. The van der Waals surface area contributed by atoms with Crippen molar-refractivity contribution in [3.05, 3.63) is 323 Å². The van der Waals surface area contributed by atoms with Crippen LogP contribution in [0.25, 0.3) is 112 Å². The van der Waals surface area contributed by atoms with Crippen LogP contribution in [0.5, 0.6) is 40.2 Å². The molecule has 0 saturated carbocycles. The van der Waals surface area contributed by atoms with Gasteiger partial charge in [0, 0.05) is 173 Å². The molecule has 143 heavy (non-hydrogen) atoms. The number of aromatic nitrogens is 9. The van der Waals surface area contributed by atoms with Gasteiger partial charge >= 0.3 is 0 Å². The lowest BCUT2D eigenvalue weighted by Gasteiger charge is -2.39. The van der Waals surface area contributed by atoms with Gasteiger partial charge in [-0.25, -0.2) is 24.3 Å². The lowest BCUT2D eigenvalue weighted by molar-refractivity contribution is 0.208. The number of pyridine rings is 7. The number of oxazole rings is 1. The van der Waals surface area contributed by atoms with E-state index in [0.717, 1.165) is 169 Å². The van der Waals surface area contributed by atoms with E-state index in [0.29, 0.717) is 116 Å². The number of aliphatic hydroxyl groups excluding tert-OH is 1. The number of fused-ring (bicyclic) bond motifs is 7. The summed E-state index contributed by atoms with van der Waals surface area (Å²) in [4.78, 5) is 94.3. The highest BCUT2D eigenvalue weighted by Crippen LogP contribution is 2.39. The second-order valence-electron chi connectivity index (χ2n) is 36.5. The number of halogens is 1. The second kappa shape index (κ2) is 43.4. The molecule has 31 heteroatoms. The third-order valence-corrected chi connectivity index (χ3v) is 27.6. The van der Waals surface area contributed by atoms with Gasteiger partial charge in [0.2, 0.25) is 0 Å². The van der Waals surface area contributed by atoms with Crippen molar-refractivity contribution in [3.63, 3.8) is 0 Å². The largest absolute Gasteiger partial charge is 0.494 e. The number of aliphatic hydroxyl groups is 1. The first-order valence-corrected chi connectivity index (χ1v) is 48.0. The van der Waals surface area contributed by atoms with E-state index in [1.165, 1.54) is 48.9 Å². The maximum Gasteiger partial charge on any atom is 0.258 e. The molecule has 3 N–H and O–H groups in total. The fourth-order valence-electron chi connectivity index (χ4n) is 19.5. The van der Waals surface area contributed by atoms with E-state index in [1.807, 2.05) is 160 Å². The Morgan fingerprint density at radius 1 is 0.413 bits per heavy atom. The third kappa shape index (κ3) is 21.5. The summed E-state index contributed by atoms with van der Waals surface area (Å²) in [6.07, 6.45) is 20.1. The van der Waals surface area contributed by atoms with Gasteiger partial charge in [-0.1, -0.05) is 42.5 Å². The molecule has 22 rings (SSSR count). The first-order chi connectivity index (χ1) is 69.4. The van der Waals surface area contributed by atoms with Gasteiger partial charge in [-0.3, -0.25) is 50.9 Å². The molecule has 736 valence electrons. The van der Waals surface area contributed by atoms with E-state index >= 15 is 0 Å². The molecule has 5 aromatic carbocycles. The number of rotatable bonds is 19. The summed E-state index contributed by atoms with van der Waals surface area (Å²) in [7, 11) is 15.3. The van der Waals surface area contributed by atoms with Gasteiger partial charge in [0.25, 0.3) is 27.8 Å². The highest BCUT2D eigenvalue weighted by molar-refractivity contribution is 5.81. The number of ether oxygens (including phenoxy) is 7. The van der Waals surface area contributed by atoms with Gasteiger partial charge in [-0.15, -0.1) is 0 Å². The number of likely N-dealkylation sites (tertiary alicyclic amines) is 1. The third-order valence-electron chi connectivity index (χ3n) is 27.6. The molecule has 0 radical (unpaired) electrons. The molecule has 30 nitrogen and oxygen atoms in total. The van der Waals surface area contributed by atoms with Crippen molar-refractivity contribution >= 4 is 67.2 Å². The lowest BCUT2D eigenvalue weighted by Crippen LogP contribution is -2.50. The zero-order valence-corrected chi connectivity index (χ0v) is 82.4. The van der Waals surface area contributed by atoms with Crippen molar-refractivity contribution in [2.45, 2.75) is 58.5 Å². The van der Waals surface area contributed by atoms with Crippen molar-refractivity contribution < 1.29 is 47.1 Å². The molecular formula is C112H117FN16O14. The minimum Gasteiger partial charge on any atom is -0.494 e. The molecule has 0 spiro atoms. The van der Waals surface area contributed by atoms with Crippen molar-refractivity contribution in [1.29, 1.82) is 0 Å². The molecule has 0 unspecified atom stereocenters. The number of likely N-dealkylation sites (N-methyl/N-ethyl adjacent to an activating group) is 2. The van der Waals surface area contributed by atoms with E-state index in [2.05, 4.69) is 103 Å².